The van der Waals surface area contributed by atoms with Gasteiger partial charge in [-0.15, -0.1) is 0 Å². The van der Waals surface area contributed by atoms with E-state index in [0.29, 0.717) is 23.9 Å². The molecule has 0 amide bonds. The van der Waals surface area contributed by atoms with Gasteiger partial charge in [0.2, 0.25) is 5.76 Å². The van der Waals surface area contributed by atoms with Gasteiger partial charge in [0.15, 0.2) is 0 Å². The molecule has 4 nitrogen and oxygen atoms in total. The molecule has 0 saturated heterocycles. The number of halogens is 1. The summed E-state index contributed by atoms with van der Waals surface area (Å²) in [5.74, 6) is 0.438. The highest BCUT2D eigenvalue weighted by Crippen LogP contribution is 2.15. The first-order valence-corrected chi connectivity index (χ1v) is 6.32. The van der Waals surface area contributed by atoms with E-state index in [1.807, 2.05) is 12.1 Å². The van der Waals surface area contributed by atoms with Crippen molar-refractivity contribution in [1.82, 2.24) is 0 Å². The van der Waals surface area contributed by atoms with Crippen LogP contribution in [0.25, 0.3) is 0 Å². The molecule has 2 aromatic rings. The predicted octanol–water partition coefficient (Wildman–Crippen LogP) is 3.72. The average Bonchev–Trinajstić information content (AvgIpc) is 2.87. The Labute approximate surface area is 116 Å². The van der Waals surface area contributed by atoms with Crippen LogP contribution in [0.3, 0.4) is 0 Å². The van der Waals surface area contributed by atoms with Crippen LogP contribution in [0.2, 0.25) is 5.02 Å². The van der Waals surface area contributed by atoms with Gasteiger partial charge in [0.25, 0.3) is 0 Å². The van der Waals surface area contributed by atoms with Crippen molar-refractivity contribution in [3.8, 4) is 0 Å². The zero-order valence-corrected chi connectivity index (χ0v) is 11.2. The van der Waals surface area contributed by atoms with Crippen molar-refractivity contribution in [3.05, 3.63) is 52.9 Å². The van der Waals surface area contributed by atoms with Gasteiger partial charge < -0.3 is 14.5 Å². The third-order valence-electron chi connectivity index (χ3n) is 2.45. The molecule has 0 radical (unpaired) electrons. The van der Waals surface area contributed by atoms with E-state index in [2.05, 4.69) is 5.32 Å². The van der Waals surface area contributed by atoms with Crippen LogP contribution < -0.4 is 5.32 Å². The van der Waals surface area contributed by atoms with Gasteiger partial charge in [-0.25, -0.2) is 4.79 Å². The second kappa shape index (κ2) is 6.29. The molecule has 19 heavy (non-hydrogen) atoms. The van der Waals surface area contributed by atoms with Crippen LogP contribution in [0.4, 0.5) is 5.69 Å². The Bertz CT molecular complexity index is 548. The number of furan rings is 1. The molecule has 0 bridgehead atoms. The molecule has 0 unspecified atom stereocenters. The Morgan fingerprint density at radius 1 is 1.26 bits per heavy atom. The highest BCUT2D eigenvalue weighted by atomic mass is 35.5. The fraction of sp³-hybridized carbons (Fsp3) is 0.214. The van der Waals surface area contributed by atoms with Crippen molar-refractivity contribution < 1.29 is 13.9 Å². The Morgan fingerprint density at radius 2 is 2.00 bits per heavy atom. The Hall–Kier alpha value is -1.94. The molecule has 5 heteroatoms. The first-order valence-electron chi connectivity index (χ1n) is 5.94. The van der Waals surface area contributed by atoms with E-state index >= 15 is 0 Å². The van der Waals surface area contributed by atoms with Crippen LogP contribution in [0.1, 0.15) is 23.2 Å². The molecule has 1 N–H and O–H groups in total. The highest BCUT2D eigenvalue weighted by Gasteiger charge is 2.11. The molecule has 0 aliphatic rings. The summed E-state index contributed by atoms with van der Waals surface area (Å²) in [4.78, 5) is 11.4. The van der Waals surface area contributed by atoms with E-state index < -0.39 is 5.97 Å². The van der Waals surface area contributed by atoms with Gasteiger partial charge in [-0.3, -0.25) is 0 Å². The summed E-state index contributed by atoms with van der Waals surface area (Å²) in [5.41, 5.74) is 0.929. The predicted molar refractivity (Wildman–Crippen MR) is 73.4 cm³/mol. The molecule has 100 valence electrons. The van der Waals surface area contributed by atoms with Gasteiger partial charge in [0, 0.05) is 10.7 Å². The fourth-order valence-corrected chi connectivity index (χ4v) is 1.67. The summed E-state index contributed by atoms with van der Waals surface area (Å²) >= 11 is 5.80. The van der Waals surface area contributed by atoms with E-state index in [4.69, 9.17) is 20.8 Å². The number of rotatable bonds is 5. The highest BCUT2D eigenvalue weighted by molar-refractivity contribution is 6.30. The van der Waals surface area contributed by atoms with Crippen molar-refractivity contribution in [3.63, 3.8) is 0 Å². The first-order chi connectivity index (χ1) is 9.19. The minimum absolute atomic E-state index is 0.217. The number of carbonyl (C=O) groups excluding carboxylic acids is 1. The summed E-state index contributed by atoms with van der Waals surface area (Å²) in [7, 11) is 0. The largest absolute Gasteiger partial charge is 0.460 e. The monoisotopic (exact) mass is 279 g/mol. The quantitative estimate of drug-likeness (QED) is 0.848. The lowest BCUT2D eigenvalue weighted by molar-refractivity contribution is 0.0488. The lowest BCUT2D eigenvalue weighted by Gasteiger charge is -2.04. The summed E-state index contributed by atoms with van der Waals surface area (Å²) in [6.45, 7) is 2.57. The van der Waals surface area contributed by atoms with Gasteiger partial charge in [-0.1, -0.05) is 11.6 Å². The van der Waals surface area contributed by atoms with Crippen LogP contribution in [0, 0.1) is 0 Å². The third-order valence-corrected chi connectivity index (χ3v) is 2.70. The van der Waals surface area contributed by atoms with Crippen molar-refractivity contribution in [2.45, 2.75) is 13.5 Å². The summed E-state index contributed by atoms with van der Waals surface area (Å²) in [5, 5.41) is 3.86. The second-order valence-corrected chi connectivity index (χ2v) is 4.28. The standard InChI is InChI=1S/C14H14ClNO3/c1-2-18-14(17)13-8-7-12(19-13)9-16-11-5-3-10(15)4-6-11/h3-8,16H,2,9H2,1H3. The van der Waals surface area contributed by atoms with E-state index in [1.54, 1.807) is 31.2 Å². The fourth-order valence-electron chi connectivity index (χ4n) is 1.54. The number of anilines is 1. The van der Waals surface area contributed by atoms with Crippen molar-refractivity contribution in [1.29, 1.82) is 0 Å². The summed E-state index contributed by atoms with van der Waals surface area (Å²) in [6.07, 6.45) is 0. The van der Waals surface area contributed by atoms with Crippen molar-refractivity contribution in [2.75, 3.05) is 11.9 Å². The lowest BCUT2D eigenvalue weighted by Crippen LogP contribution is -2.03. The molecule has 0 saturated carbocycles. The van der Waals surface area contributed by atoms with Crippen molar-refractivity contribution in [2.24, 2.45) is 0 Å². The number of hydrogen-bond donors (Lipinski definition) is 1. The average molecular weight is 280 g/mol. The zero-order valence-electron chi connectivity index (χ0n) is 10.5. The van der Waals surface area contributed by atoms with E-state index in [0.717, 1.165) is 5.69 Å². The van der Waals surface area contributed by atoms with Crippen LogP contribution in [0.15, 0.2) is 40.8 Å². The van der Waals surface area contributed by atoms with Gasteiger partial charge in [0.05, 0.1) is 13.2 Å². The number of carbonyl (C=O) groups is 1. The maximum atomic E-state index is 11.4. The Balaban J connectivity index is 1.93. The Morgan fingerprint density at radius 3 is 2.68 bits per heavy atom. The molecule has 0 aliphatic heterocycles. The molecule has 0 spiro atoms. The van der Waals surface area contributed by atoms with Crippen LogP contribution in [-0.2, 0) is 11.3 Å². The van der Waals surface area contributed by atoms with Gasteiger partial charge in [-0.2, -0.15) is 0 Å². The molecule has 1 aromatic carbocycles. The van der Waals surface area contributed by atoms with E-state index in [-0.39, 0.29) is 5.76 Å². The molecule has 0 aliphatic carbocycles. The summed E-state index contributed by atoms with van der Waals surface area (Å²) in [6, 6.07) is 10.7. The van der Waals surface area contributed by atoms with Crippen LogP contribution in [-0.4, -0.2) is 12.6 Å². The zero-order chi connectivity index (χ0) is 13.7. The molecular weight excluding hydrogens is 266 g/mol. The molecule has 0 fully saturated rings. The molecule has 2 rings (SSSR count). The number of hydrogen-bond acceptors (Lipinski definition) is 4. The van der Waals surface area contributed by atoms with E-state index in [1.165, 1.54) is 0 Å². The van der Waals surface area contributed by atoms with Gasteiger partial charge in [-0.05, 0) is 43.3 Å². The Kier molecular flexibility index (Phi) is 4.47. The normalized spacial score (nSPS) is 10.2. The van der Waals surface area contributed by atoms with Crippen LogP contribution >= 0.6 is 11.6 Å². The lowest BCUT2D eigenvalue weighted by atomic mass is 10.3. The SMILES string of the molecule is CCOC(=O)c1ccc(CNc2ccc(Cl)cc2)o1. The number of nitrogens with one attached hydrogen (secondary N) is 1. The summed E-state index contributed by atoms with van der Waals surface area (Å²) < 4.78 is 10.2. The van der Waals surface area contributed by atoms with Crippen LogP contribution in [0.5, 0.6) is 0 Å². The molecular formula is C14H14ClNO3. The molecule has 1 aromatic heterocycles. The molecule has 1 heterocycles. The minimum atomic E-state index is -0.444. The first kappa shape index (κ1) is 13.5. The minimum Gasteiger partial charge on any atom is -0.460 e. The molecule has 0 atom stereocenters. The second-order valence-electron chi connectivity index (χ2n) is 3.85. The van der Waals surface area contributed by atoms with Gasteiger partial charge >= 0.3 is 5.97 Å². The smallest absolute Gasteiger partial charge is 0.374 e. The van der Waals surface area contributed by atoms with Crippen molar-refractivity contribution >= 4 is 23.3 Å². The maximum Gasteiger partial charge on any atom is 0.374 e. The number of esters is 1. The maximum absolute atomic E-state index is 11.4. The topological polar surface area (TPSA) is 51.5 Å². The number of benzene rings is 1. The van der Waals surface area contributed by atoms with Gasteiger partial charge in [0.1, 0.15) is 5.76 Å². The van der Waals surface area contributed by atoms with E-state index in [9.17, 15) is 4.79 Å². The third kappa shape index (κ3) is 3.76. The number of ether oxygens (including phenoxy) is 1.